The Morgan fingerprint density at radius 2 is 1.87 bits per heavy atom. The first kappa shape index (κ1) is 28.4. The maximum absolute atomic E-state index is 13.6. The highest BCUT2D eigenvalue weighted by atomic mass is 19.4. The number of rotatable bonds is 6. The Kier molecular flexibility index (Phi) is 6.97. The predicted molar refractivity (Wildman–Crippen MR) is 133 cm³/mol. The monoisotopic (exact) mass is 553 g/mol. The SMILES string of the molecule is CC(CC(F)(F)F)NCc1cc(N(C)C)c2c(c1O)C(O)=C1C(=O)C3(O)C(O)=C(C(N)=O)C(=O)CC3CC1C2. The molecule has 4 atom stereocenters. The summed E-state index contributed by atoms with van der Waals surface area (Å²) < 4.78 is 38.3. The molecule has 39 heavy (non-hydrogen) atoms. The minimum atomic E-state index is -4.39. The summed E-state index contributed by atoms with van der Waals surface area (Å²) in [7, 11) is 3.40. The van der Waals surface area contributed by atoms with Crippen LogP contribution in [0.25, 0.3) is 5.76 Å². The lowest BCUT2D eigenvalue weighted by atomic mass is 9.59. The number of aliphatic hydroxyl groups is 3. The van der Waals surface area contributed by atoms with Crippen LogP contribution in [0.5, 0.6) is 5.75 Å². The van der Waals surface area contributed by atoms with Crippen LogP contribution in [0.2, 0.25) is 0 Å². The number of nitrogens with two attached hydrogens (primary N) is 1. The van der Waals surface area contributed by atoms with Crippen molar-refractivity contribution in [2.45, 2.75) is 57.0 Å². The highest BCUT2D eigenvalue weighted by Crippen LogP contribution is 2.53. The summed E-state index contributed by atoms with van der Waals surface area (Å²) >= 11 is 0. The first-order chi connectivity index (χ1) is 18.0. The van der Waals surface area contributed by atoms with E-state index in [-0.39, 0.29) is 36.1 Å². The number of benzene rings is 1. The van der Waals surface area contributed by atoms with Gasteiger partial charge in [-0.15, -0.1) is 0 Å². The molecule has 0 heterocycles. The maximum atomic E-state index is 13.6. The van der Waals surface area contributed by atoms with Crippen molar-refractivity contribution >= 4 is 28.9 Å². The number of amides is 1. The van der Waals surface area contributed by atoms with Gasteiger partial charge in [-0.2, -0.15) is 13.2 Å². The number of Topliss-reactive ketones (excluding diaryl/α,β-unsaturated/α-hetero) is 2. The van der Waals surface area contributed by atoms with Gasteiger partial charge < -0.3 is 36.4 Å². The van der Waals surface area contributed by atoms with E-state index in [2.05, 4.69) is 5.32 Å². The zero-order valence-corrected chi connectivity index (χ0v) is 21.5. The van der Waals surface area contributed by atoms with Crippen LogP contribution >= 0.6 is 0 Å². The molecule has 0 spiro atoms. The molecule has 4 rings (SSSR count). The van der Waals surface area contributed by atoms with Gasteiger partial charge in [0.2, 0.25) is 5.78 Å². The molecule has 3 aliphatic rings. The molecule has 1 amide bonds. The number of aromatic hydroxyl groups is 1. The summed E-state index contributed by atoms with van der Waals surface area (Å²) in [5, 5.41) is 47.2. The third-order valence-corrected chi connectivity index (χ3v) is 7.78. The number of anilines is 1. The fourth-order valence-electron chi connectivity index (χ4n) is 5.96. The number of ketones is 2. The fraction of sp³-hybridized carbons (Fsp3) is 0.500. The van der Waals surface area contributed by atoms with Crippen molar-refractivity contribution < 1.29 is 48.0 Å². The van der Waals surface area contributed by atoms with Crippen LogP contribution < -0.4 is 16.0 Å². The Morgan fingerprint density at radius 3 is 2.44 bits per heavy atom. The zero-order chi connectivity index (χ0) is 29.2. The normalized spacial score (nSPS) is 25.7. The van der Waals surface area contributed by atoms with Gasteiger partial charge in [0.15, 0.2) is 11.4 Å². The van der Waals surface area contributed by atoms with Crippen LogP contribution in [0.3, 0.4) is 0 Å². The second-order valence-electron chi connectivity index (χ2n) is 10.7. The Labute approximate surface area is 221 Å². The lowest BCUT2D eigenvalue weighted by Crippen LogP contribution is -2.58. The van der Waals surface area contributed by atoms with Crippen molar-refractivity contribution in [1.82, 2.24) is 5.32 Å². The minimum absolute atomic E-state index is 0.00515. The molecule has 3 aliphatic carbocycles. The number of phenolic OH excluding ortho intramolecular Hbond substituents is 1. The first-order valence-electron chi connectivity index (χ1n) is 12.3. The fourth-order valence-corrected chi connectivity index (χ4v) is 5.96. The smallest absolute Gasteiger partial charge is 0.390 e. The molecular weight excluding hydrogens is 523 g/mol. The quantitative estimate of drug-likeness (QED) is 0.288. The molecule has 1 saturated carbocycles. The molecule has 0 radical (unpaired) electrons. The number of primary amides is 1. The van der Waals surface area contributed by atoms with E-state index in [0.29, 0.717) is 11.3 Å². The molecule has 1 aromatic carbocycles. The summed E-state index contributed by atoms with van der Waals surface area (Å²) in [5.74, 6) is -7.29. The Bertz CT molecular complexity index is 1330. The third kappa shape index (κ3) is 4.63. The summed E-state index contributed by atoms with van der Waals surface area (Å²) in [5.41, 5.74) is 2.40. The molecule has 0 aliphatic heterocycles. The minimum Gasteiger partial charge on any atom is -0.508 e. The van der Waals surface area contributed by atoms with Gasteiger partial charge >= 0.3 is 6.18 Å². The molecule has 0 saturated heterocycles. The van der Waals surface area contributed by atoms with Crippen LogP contribution in [0.4, 0.5) is 18.9 Å². The second kappa shape index (κ2) is 9.56. The lowest BCUT2D eigenvalue weighted by molar-refractivity contribution is -0.147. The summed E-state index contributed by atoms with van der Waals surface area (Å²) in [4.78, 5) is 39.6. The number of fused-ring (bicyclic) bond motifs is 3. The highest BCUT2D eigenvalue weighted by molar-refractivity contribution is 6.22. The number of aliphatic hydroxyl groups excluding tert-OH is 2. The van der Waals surface area contributed by atoms with Crippen molar-refractivity contribution in [3.63, 3.8) is 0 Å². The number of carbonyl (C=O) groups is 3. The number of nitrogens with one attached hydrogen (secondary N) is 1. The molecule has 7 N–H and O–H groups in total. The van der Waals surface area contributed by atoms with Gasteiger partial charge in [-0.05, 0) is 37.3 Å². The van der Waals surface area contributed by atoms with Crippen molar-refractivity contribution in [3.05, 3.63) is 39.7 Å². The van der Waals surface area contributed by atoms with E-state index in [1.54, 1.807) is 25.1 Å². The van der Waals surface area contributed by atoms with Gasteiger partial charge in [-0.25, -0.2) is 0 Å². The molecule has 10 nitrogen and oxygen atoms in total. The van der Waals surface area contributed by atoms with E-state index in [1.165, 1.54) is 6.92 Å². The third-order valence-electron chi connectivity index (χ3n) is 7.78. The second-order valence-corrected chi connectivity index (χ2v) is 10.7. The van der Waals surface area contributed by atoms with Crippen LogP contribution in [-0.2, 0) is 27.3 Å². The number of hydrogen-bond acceptors (Lipinski definition) is 9. The van der Waals surface area contributed by atoms with Crippen LogP contribution in [0.15, 0.2) is 23.0 Å². The number of alkyl halides is 3. The molecule has 13 heteroatoms. The largest absolute Gasteiger partial charge is 0.508 e. The van der Waals surface area contributed by atoms with Gasteiger partial charge in [0.05, 0.1) is 12.0 Å². The van der Waals surface area contributed by atoms with E-state index in [9.17, 15) is 48.0 Å². The van der Waals surface area contributed by atoms with Crippen LogP contribution in [0, 0.1) is 11.8 Å². The van der Waals surface area contributed by atoms with Gasteiger partial charge in [0, 0.05) is 55.8 Å². The molecule has 1 fully saturated rings. The predicted octanol–water partition coefficient (Wildman–Crippen LogP) is 1.92. The van der Waals surface area contributed by atoms with Gasteiger partial charge in [0.1, 0.15) is 22.8 Å². The summed E-state index contributed by atoms with van der Waals surface area (Å²) in [6.07, 6.45) is -5.80. The Hall–Kier alpha value is -3.58. The Morgan fingerprint density at radius 1 is 1.23 bits per heavy atom. The van der Waals surface area contributed by atoms with E-state index >= 15 is 0 Å². The van der Waals surface area contributed by atoms with E-state index in [0.717, 1.165) is 0 Å². The maximum Gasteiger partial charge on any atom is 0.390 e. The Balaban J connectivity index is 1.83. The van der Waals surface area contributed by atoms with Crippen LogP contribution in [0.1, 0.15) is 42.9 Å². The summed E-state index contributed by atoms with van der Waals surface area (Å²) in [6.45, 7) is 1.16. The highest BCUT2D eigenvalue weighted by Gasteiger charge is 2.60. The number of phenols is 1. The zero-order valence-electron chi connectivity index (χ0n) is 21.5. The van der Waals surface area contributed by atoms with Crippen LogP contribution in [-0.4, -0.2) is 69.8 Å². The number of carbonyl (C=O) groups excluding carboxylic acids is 3. The molecule has 0 aromatic heterocycles. The van der Waals surface area contributed by atoms with Crippen molar-refractivity contribution in [3.8, 4) is 5.75 Å². The van der Waals surface area contributed by atoms with E-state index in [1.807, 2.05) is 0 Å². The van der Waals surface area contributed by atoms with Gasteiger partial charge in [-0.1, -0.05) is 0 Å². The van der Waals surface area contributed by atoms with Gasteiger partial charge in [0.25, 0.3) is 5.91 Å². The molecule has 0 bridgehead atoms. The standard InChI is InChI=1S/C26H30F3N3O7/c1-10(8-25(27,28)29)31-9-12-6-15(32(2)3)14-5-11-4-13-7-16(33)19(24(30)38)23(37)26(13,39)22(36)17(11)21(35)18(14)20(12)34/h6,10-11,13,31,34-35,37,39H,4-5,7-9H2,1-3H3,(H2,30,38). The number of hydrogen-bond donors (Lipinski definition) is 6. The van der Waals surface area contributed by atoms with Crippen molar-refractivity contribution in [1.29, 1.82) is 0 Å². The molecule has 212 valence electrons. The average Bonchev–Trinajstić information content (AvgIpc) is 2.79. The van der Waals surface area contributed by atoms with Crippen molar-refractivity contribution in [2.24, 2.45) is 17.6 Å². The van der Waals surface area contributed by atoms with Crippen molar-refractivity contribution in [2.75, 3.05) is 19.0 Å². The topological polar surface area (TPSA) is 173 Å². The first-order valence-corrected chi connectivity index (χ1v) is 12.3. The summed E-state index contributed by atoms with van der Waals surface area (Å²) in [6, 6.07) is 0.604. The number of halogens is 3. The molecule has 4 unspecified atom stereocenters. The number of nitrogens with zero attached hydrogens (tertiary/aromatic N) is 1. The molecule has 1 aromatic rings. The molecular formula is C26H30F3N3O7. The van der Waals surface area contributed by atoms with E-state index < -0.39 is 82.8 Å². The average molecular weight is 554 g/mol. The van der Waals surface area contributed by atoms with E-state index in [4.69, 9.17) is 5.73 Å². The lowest BCUT2D eigenvalue weighted by Gasteiger charge is -2.46. The van der Waals surface area contributed by atoms with Gasteiger partial charge in [-0.3, -0.25) is 14.4 Å².